The fourth-order valence-electron chi connectivity index (χ4n) is 2.14. The van der Waals surface area contributed by atoms with E-state index in [1.165, 1.54) is 0 Å². The number of carbonyl (C=O) groups excluding carboxylic acids is 1. The molecule has 1 aromatic rings. The molecule has 16 heavy (non-hydrogen) atoms. The third kappa shape index (κ3) is 1.71. The number of carbonyl (C=O) groups is 1. The Labute approximate surface area is 103 Å². The van der Waals surface area contributed by atoms with Crippen LogP contribution in [0.3, 0.4) is 0 Å². The molecule has 0 aromatic heterocycles. The number of ether oxygens (including phenoxy) is 2. The van der Waals surface area contributed by atoms with Gasteiger partial charge < -0.3 is 9.47 Å². The van der Waals surface area contributed by atoms with Crippen molar-refractivity contribution in [2.75, 3.05) is 14.2 Å². The van der Waals surface area contributed by atoms with Crippen LogP contribution in [0.25, 0.3) is 0 Å². The van der Waals surface area contributed by atoms with E-state index in [1.807, 2.05) is 0 Å². The number of fused-ring (bicyclic) bond motifs is 1. The summed E-state index contributed by atoms with van der Waals surface area (Å²) in [6.45, 7) is 0. The average molecular weight is 285 g/mol. The fraction of sp³-hybridized carbons (Fsp3) is 0.417. The lowest BCUT2D eigenvalue weighted by molar-refractivity contribution is 0.0968. The molecule has 0 spiro atoms. The molecular formula is C12H13BrO3. The van der Waals surface area contributed by atoms with Crippen molar-refractivity contribution in [1.29, 1.82) is 0 Å². The van der Waals surface area contributed by atoms with Crippen molar-refractivity contribution >= 4 is 21.7 Å². The van der Waals surface area contributed by atoms with Crippen molar-refractivity contribution in [3.8, 4) is 11.5 Å². The molecule has 1 aromatic carbocycles. The summed E-state index contributed by atoms with van der Waals surface area (Å²) in [6, 6.07) is 1.79. The summed E-state index contributed by atoms with van der Waals surface area (Å²) in [6.07, 6.45) is 2.33. The van der Waals surface area contributed by atoms with Gasteiger partial charge in [0.05, 0.1) is 24.3 Å². The Balaban J connectivity index is 2.70. The Morgan fingerprint density at radius 2 is 2.00 bits per heavy atom. The lowest BCUT2D eigenvalue weighted by atomic mass is 9.89. The van der Waals surface area contributed by atoms with Crippen molar-refractivity contribution in [3.05, 3.63) is 21.7 Å². The number of halogens is 1. The summed E-state index contributed by atoms with van der Waals surface area (Å²) < 4.78 is 11.4. The van der Waals surface area contributed by atoms with Crippen LogP contribution in [0.4, 0.5) is 0 Å². The van der Waals surface area contributed by atoms with Gasteiger partial charge in [-0.25, -0.2) is 0 Å². The molecule has 0 fully saturated rings. The maximum atomic E-state index is 11.9. The van der Waals surface area contributed by atoms with Crippen molar-refractivity contribution in [3.63, 3.8) is 0 Å². The Bertz CT molecular complexity index is 440. The van der Waals surface area contributed by atoms with Crippen LogP contribution < -0.4 is 9.47 Å². The molecule has 2 rings (SSSR count). The first kappa shape index (κ1) is 11.5. The van der Waals surface area contributed by atoms with Gasteiger partial charge in [-0.2, -0.15) is 0 Å². The van der Waals surface area contributed by atoms with Gasteiger partial charge in [-0.15, -0.1) is 0 Å². The summed E-state index contributed by atoms with van der Waals surface area (Å²) in [5.74, 6) is 1.53. The van der Waals surface area contributed by atoms with E-state index in [1.54, 1.807) is 20.3 Å². The minimum Gasteiger partial charge on any atom is -0.496 e. The highest BCUT2D eigenvalue weighted by Gasteiger charge is 2.26. The molecule has 0 amide bonds. The molecule has 0 N–H and O–H groups in total. The van der Waals surface area contributed by atoms with Crippen LogP contribution in [0.2, 0.25) is 0 Å². The van der Waals surface area contributed by atoms with Gasteiger partial charge in [0.2, 0.25) is 0 Å². The molecule has 0 saturated heterocycles. The number of rotatable bonds is 2. The molecule has 86 valence electrons. The molecule has 0 radical (unpaired) electrons. The standard InChI is InChI=1S/C12H13BrO3/c1-15-10-6-8(13)12(16-2)7-4-3-5-9(14)11(7)10/h6H,3-5H2,1-2H3. The third-order valence-electron chi connectivity index (χ3n) is 2.83. The quantitative estimate of drug-likeness (QED) is 0.838. The van der Waals surface area contributed by atoms with Crippen molar-refractivity contribution in [2.45, 2.75) is 19.3 Å². The number of benzene rings is 1. The van der Waals surface area contributed by atoms with Crippen LogP contribution in [-0.2, 0) is 6.42 Å². The van der Waals surface area contributed by atoms with Gasteiger partial charge in [-0.3, -0.25) is 4.79 Å². The predicted octanol–water partition coefficient (Wildman–Crippen LogP) is 2.99. The average Bonchev–Trinajstić information content (AvgIpc) is 2.28. The van der Waals surface area contributed by atoms with E-state index in [9.17, 15) is 4.79 Å². The SMILES string of the molecule is COc1cc(Br)c(OC)c2c1C(=O)CCC2. The van der Waals surface area contributed by atoms with Gasteiger partial charge >= 0.3 is 0 Å². The first-order valence-corrected chi connectivity index (χ1v) is 5.95. The molecule has 1 aliphatic carbocycles. The molecule has 0 atom stereocenters. The summed E-state index contributed by atoms with van der Waals surface area (Å²) in [5, 5.41) is 0. The highest BCUT2D eigenvalue weighted by Crippen LogP contribution is 2.41. The second-order valence-corrected chi connectivity index (χ2v) is 4.58. The van der Waals surface area contributed by atoms with Crippen molar-refractivity contribution in [1.82, 2.24) is 0 Å². The van der Waals surface area contributed by atoms with E-state index in [2.05, 4.69) is 15.9 Å². The lowest BCUT2D eigenvalue weighted by Gasteiger charge is -2.21. The molecule has 0 heterocycles. The van der Waals surface area contributed by atoms with Gasteiger partial charge in [0.1, 0.15) is 11.5 Å². The molecule has 3 nitrogen and oxygen atoms in total. The minimum absolute atomic E-state index is 0.143. The molecule has 1 aliphatic rings. The predicted molar refractivity (Wildman–Crippen MR) is 64.5 cm³/mol. The zero-order chi connectivity index (χ0) is 11.7. The van der Waals surface area contributed by atoms with E-state index >= 15 is 0 Å². The van der Waals surface area contributed by atoms with Gasteiger partial charge in [0, 0.05) is 12.0 Å². The molecule has 0 unspecified atom stereocenters. The number of hydrogen-bond donors (Lipinski definition) is 0. The van der Waals surface area contributed by atoms with Crippen LogP contribution in [0.1, 0.15) is 28.8 Å². The third-order valence-corrected chi connectivity index (χ3v) is 3.42. The second kappa shape index (κ2) is 4.45. The Kier molecular flexibility index (Phi) is 3.19. The highest BCUT2D eigenvalue weighted by molar-refractivity contribution is 9.10. The van der Waals surface area contributed by atoms with Crippen molar-refractivity contribution in [2.24, 2.45) is 0 Å². The summed E-state index contributed by atoms with van der Waals surface area (Å²) in [5.41, 5.74) is 1.65. The Morgan fingerprint density at radius 3 is 2.62 bits per heavy atom. The topological polar surface area (TPSA) is 35.5 Å². The number of ketones is 1. The second-order valence-electron chi connectivity index (χ2n) is 3.72. The van der Waals surface area contributed by atoms with E-state index in [0.29, 0.717) is 17.7 Å². The summed E-state index contributed by atoms with van der Waals surface area (Å²) in [7, 11) is 3.20. The van der Waals surface area contributed by atoms with Gasteiger partial charge in [-0.1, -0.05) is 0 Å². The summed E-state index contributed by atoms with van der Waals surface area (Å²) in [4.78, 5) is 11.9. The van der Waals surface area contributed by atoms with Crippen LogP contribution >= 0.6 is 15.9 Å². The molecular weight excluding hydrogens is 272 g/mol. The summed E-state index contributed by atoms with van der Waals surface area (Å²) >= 11 is 3.43. The Morgan fingerprint density at radius 1 is 1.25 bits per heavy atom. The zero-order valence-corrected chi connectivity index (χ0v) is 10.9. The van der Waals surface area contributed by atoms with Crippen LogP contribution in [0.5, 0.6) is 11.5 Å². The van der Waals surface area contributed by atoms with Gasteiger partial charge in [-0.05, 0) is 34.8 Å². The number of methoxy groups -OCH3 is 2. The zero-order valence-electron chi connectivity index (χ0n) is 9.30. The van der Waals surface area contributed by atoms with Gasteiger partial charge in [0.25, 0.3) is 0 Å². The first-order valence-electron chi connectivity index (χ1n) is 5.15. The monoisotopic (exact) mass is 284 g/mol. The molecule has 0 bridgehead atoms. The minimum atomic E-state index is 0.143. The lowest BCUT2D eigenvalue weighted by Crippen LogP contribution is -2.14. The van der Waals surface area contributed by atoms with E-state index in [4.69, 9.17) is 9.47 Å². The molecule has 0 saturated carbocycles. The van der Waals surface area contributed by atoms with E-state index in [0.717, 1.165) is 28.6 Å². The number of Topliss-reactive ketones (excluding diaryl/α,β-unsaturated/α-hetero) is 1. The normalized spacial score (nSPS) is 14.6. The maximum absolute atomic E-state index is 11.9. The van der Waals surface area contributed by atoms with Crippen LogP contribution in [0, 0.1) is 0 Å². The van der Waals surface area contributed by atoms with Crippen LogP contribution in [-0.4, -0.2) is 20.0 Å². The fourth-order valence-corrected chi connectivity index (χ4v) is 2.74. The smallest absolute Gasteiger partial charge is 0.167 e. The molecule has 0 aliphatic heterocycles. The first-order chi connectivity index (χ1) is 7.69. The maximum Gasteiger partial charge on any atom is 0.167 e. The van der Waals surface area contributed by atoms with E-state index < -0.39 is 0 Å². The largest absolute Gasteiger partial charge is 0.496 e. The highest BCUT2D eigenvalue weighted by atomic mass is 79.9. The van der Waals surface area contributed by atoms with Crippen LogP contribution in [0.15, 0.2) is 10.5 Å². The van der Waals surface area contributed by atoms with Gasteiger partial charge in [0.15, 0.2) is 5.78 Å². The molecule has 4 heteroatoms. The van der Waals surface area contributed by atoms with E-state index in [-0.39, 0.29) is 5.78 Å². The Hall–Kier alpha value is -1.03. The van der Waals surface area contributed by atoms with Crippen molar-refractivity contribution < 1.29 is 14.3 Å². The number of hydrogen-bond acceptors (Lipinski definition) is 3.